The van der Waals surface area contributed by atoms with Crippen LogP contribution in [-0.2, 0) is 0 Å². The quantitative estimate of drug-likeness (QED) is 0.113. The predicted molar refractivity (Wildman–Crippen MR) is 416 cm³/mol. The average Bonchev–Trinajstić information content (AvgIpc) is 0.688. The van der Waals surface area contributed by atoms with Crippen LogP contribution >= 0.6 is 11.8 Å². The summed E-state index contributed by atoms with van der Waals surface area (Å²) in [6, 6.07) is 125. The minimum atomic E-state index is -0.683. The Labute approximate surface area is 585 Å². The van der Waals surface area contributed by atoms with Gasteiger partial charge >= 0.3 is 0 Å². The Morgan fingerprint density at radius 1 is 0.260 bits per heavy atom. The molecule has 0 bridgehead atoms. The summed E-state index contributed by atoms with van der Waals surface area (Å²) in [5.74, 6) is -1.35. The van der Waals surface area contributed by atoms with Crippen LogP contribution in [0.4, 0.5) is 94.1 Å². The van der Waals surface area contributed by atoms with E-state index in [4.69, 9.17) is 0 Å². The van der Waals surface area contributed by atoms with Crippen LogP contribution in [0.3, 0.4) is 0 Å². The van der Waals surface area contributed by atoms with Crippen molar-refractivity contribution in [2.24, 2.45) is 0 Å². The number of hydrogen-bond donors (Lipinski definition) is 0. The van der Waals surface area contributed by atoms with Gasteiger partial charge < -0.3 is 24.5 Å². The Hall–Kier alpha value is -12.4. The summed E-state index contributed by atoms with van der Waals surface area (Å²) in [5.41, 5.74) is 26.0. The van der Waals surface area contributed by atoms with Gasteiger partial charge in [0.15, 0.2) is 5.82 Å². The molecule has 0 spiro atoms. The molecule has 15 aromatic carbocycles. The number of halogens is 2. The highest BCUT2D eigenvalue weighted by atomic mass is 32.2. The van der Waals surface area contributed by atoms with E-state index in [9.17, 15) is 0 Å². The van der Waals surface area contributed by atoms with Crippen molar-refractivity contribution >= 4 is 143 Å². The number of benzene rings is 15. The number of hydrogen-bond acceptors (Lipinski definition) is 6. The van der Waals surface area contributed by atoms with Crippen molar-refractivity contribution in [2.45, 2.75) is 9.79 Å². The van der Waals surface area contributed by atoms with Crippen molar-refractivity contribution in [3.63, 3.8) is 0 Å². The highest BCUT2D eigenvalue weighted by Crippen LogP contribution is 2.53. The molecule has 0 amide bonds. The molecule has 10 heteroatoms. The molecule has 19 rings (SSSR count). The summed E-state index contributed by atoms with van der Waals surface area (Å²) in [6.07, 6.45) is 0. The van der Waals surface area contributed by atoms with Crippen LogP contribution in [0.15, 0.2) is 368 Å². The lowest BCUT2D eigenvalue weighted by Gasteiger charge is -2.46. The van der Waals surface area contributed by atoms with Crippen molar-refractivity contribution in [1.82, 2.24) is 0 Å². The summed E-state index contributed by atoms with van der Waals surface area (Å²) >= 11 is 1.76. The van der Waals surface area contributed by atoms with E-state index in [1.54, 1.807) is 11.8 Å². The Morgan fingerprint density at radius 2 is 0.650 bits per heavy atom. The zero-order chi connectivity index (χ0) is 66.4. The first-order chi connectivity index (χ1) is 49.5. The molecule has 4 aliphatic rings. The lowest BCUT2D eigenvalue weighted by atomic mass is 9.31. The Kier molecular flexibility index (Phi) is 14.3. The zero-order valence-corrected chi connectivity index (χ0v) is 54.9. The largest absolute Gasteiger partial charge is 0.311 e. The molecular weight excluding hydrogens is 1240 g/mol. The molecule has 0 fully saturated rings. The first kappa shape index (κ1) is 58.9. The highest BCUT2D eigenvalue weighted by Gasteiger charge is 2.48. The predicted octanol–water partition coefficient (Wildman–Crippen LogP) is 20.8. The summed E-state index contributed by atoms with van der Waals surface area (Å²) in [6.45, 7) is -0.607. The van der Waals surface area contributed by atoms with Gasteiger partial charge in [0.1, 0.15) is 5.82 Å². The average molecular weight is 1300 g/mol. The molecule has 0 aliphatic carbocycles. The monoisotopic (exact) mass is 1300 g/mol. The van der Waals surface area contributed by atoms with Gasteiger partial charge in [0.25, 0.3) is 6.71 Å². The molecular formula is C90H59B2F2N5S. The number of rotatable bonds is 12. The fraction of sp³-hybridized carbons (Fsp3) is 0. The van der Waals surface area contributed by atoms with E-state index >= 15 is 8.78 Å². The number of para-hydroxylation sites is 6. The second kappa shape index (κ2) is 24.3. The molecule has 0 N–H and O–H groups in total. The van der Waals surface area contributed by atoms with Gasteiger partial charge in [0, 0.05) is 95.4 Å². The molecule has 0 aromatic heterocycles. The minimum Gasteiger partial charge on any atom is -0.311 e. The summed E-state index contributed by atoms with van der Waals surface area (Å²) in [7, 11) is 0. The fourth-order valence-electron chi connectivity index (χ4n) is 15.9. The maximum Gasteiger partial charge on any atom is 0.252 e. The molecule has 0 unspecified atom stereocenters. The van der Waals surface area contributed by atoms with Gasteiger partial charge in [-0.05, 0) is 176 Å². The molecule has 100 heavy (non-hydrogen) atoms. The van der Waals surface area contributed by atoms with Crippen molar-refractivity contribution in [3.8, 4) is 33.4 Å². The Morgan fingerprint density at radius 3 is 1.15 bits per heavy atom. The SMILES string of the molecule is Fc1cc(F)c(N2c3cc4c(cc3B3c5ccccc5N(c5ccccc5)c5cc(N(c6ccc(-c7ccccc7)cc6)c6ccc(-c7ccccc7)cc6)cc2c53)B2c3ccccc3N(c3ccccc3)c3cc(N(c5ccccc5)c5ccccc5)cc(c32)S4)c(-c2ccccc2)c1. The zero-order valence-electron chi connectivity index (χ0n) is 54.1. The van der Waals surface area contributed by atoms with Crippen molar-refractivity contribution in [2.75, 3.05) is 24.5 Å². The molecule has 470 valence electrons. The second-order valence-corrected chi connectivity index (χ2v) is 26.9. The van der Waals surface area contributed by atoms with E-state index < -0.39 is 11.6 Å². The molecule has 15 aromatic rings. The molecule has 0 saturated carbocycles. The maximum absolute atomic E-state index is 18.7. The van der Waals surface area contributed by atoms with Crippen LogP contribution in [0.5, 0.6) is 0 Å². The molecule has 0 atom stereocenters. The first-order valence-corrected chi connectivity index (χ1v) is 34.7. The molecule has 0 radical (unpaired) electrons. The van der Waals surface area contributed by atoms with E-state index in [0.29, 0.717) is 11.1 Å². The Balaban J connectivity index is 0.906. The van der Waals surface area contributed by atoms with Crippen LogP contribution in [0, 0.1) is 11.6 Å². The molecule has 0 saturated heterocycles. The summed E-state index contributed by atoms with van der Waals surface area (Å²) < 4.78 is 35.4. The summed E-state index contributed by atoms with van der Waals surface area (Å²) in [5, 5.41) is 0. The van der Waals surface area contributed by atoms with E-state index in [0.717, 1.165) is 140 Å². The minimum absolute atomic E-state index is 0.229. The van der Waals surface area contributed by atoms with Gasteiger partial charge in [0.2, 0.25) is 6.71 Å². The third-order valence-electron chi connectivity index (χ3n) is 20.1. The van der Waals surface area contributed by atoms with E-state index in [1.165, 1.54) is 17.0 Å². The van der Waals surface area contributed by atoms with Crippen molar-refractivity contribution < 1.29 is 8.78 Å². The van der Waals surface area contributed by atoms with E-state index in [-0.39, 0.29) is 19.1 Å². The number of fused-ring (bicyclic) bond motifs is 8. The van der Waals surface area contributed by atoms with Gasteiger partial charge in [-0.15, -0.1) is 0 Å². The number of nitrogens with zero attached hydrogens (tertiary/aromatic N) is 5. The van der Waals surface area contributed by atoms with E-state index in [2.05, 4.69) is 328 Å². The lowest BCUT2D eigenvalue weighted by Crippen LogP contribution is -2.64. The third-order valence-corrected chi connectivity index (χ3v) is 21.3. The lowest BCUT2D eigenvalue weighted by molar-refractivity contribution is 0.585. The smallest absolute Gasteiger partial charge is 0.252 e. The van der Waals surface area contributed by atoms with E-state index in [1.807, 2.05) is 42.5 Å². The van der Waals surface area contributed by atoms with Crippen LogP contribution in [-0.4, -0.2) is 13.4 Å². The van der Waals surface area contributed by atoms with Crippen LogP contribution in [0.1, 0.15) is 0 Å². The van der Waals surface area contributed by atoms with Gasteiger partial charge in [0.05, 0.1) is 11.4 Å². The van der Waals surface area contributed by atoms with Gasteiger partial charge in [-0.1, -0.05) is 248 Å². The highest BCUT2D eigenvalue weighted by molar-refractivity contribution is 8.00. The van der Waals surface area contributed by atoms with Crippen LogP contribution in [0.25, 0.3) is 33.4 Å². The topological polar surface area (TPSA) is 16.2 Å². The first-order valence-electron chi connectivity index (χ1n) is 33.9. The third kappa shape index (κ3) is 9.84. The molecule has 4 aliphatic heterocycles. The fourth-order valence-corrected chi connectivity index (χ4v) is 17.1. The van der Waals surface area contributed by atoms with Crippen LogP contribution < -0.4 is 57.3 Å². The maximum atomic E-state index is 18.7. The van der Waals surface area contributed by atoms with Crippen molar-refractivity contribution in [1.29, 1.82) is 0 Å². The summed E-state index contributed by atoms with van der Waals surface area (Å²) in [4.78, 5) is 13.8. The number of anilines is 15. The standard InChI is InChI=1S/C90H59B2F2N5S/c93-65-52-74(64-30-12-3-13-31-64)90(79(94)53-65)99-82-59-86-78(92-76-41-23-25-43-81(76)98(69-38-20-7-21-39-69)85-56-73(57-87(100-86)89(85)92)95(66-32-14-4-15-33-66)67-34-16-5-17-35-67)58-77(82)91-75-40-22-24-42-80(75)97(68-36-18-6-19-37-68)83-54-72(55-84(99)88(83)91)96(70-48-44-62(45-49-70)60-26-8-1-9-27-60)71-50-46-63(47-51-71)61-28-10-2-11-29-61/h1-59H. The van der Waals surface area contributed by atoms with Gasteiger partial charge in [-0.25, -0.2) is 8.78 Å². The van der Waals surface area contributed by atoms with Gasteiger partial charge in [-0.2, -0.15) is 0 Å². The molecule has 4 heterocycles. The normalized spacial score (nSPS) is 12.8. The molecule has 5 nitrogen and oxygen atoms in total. The van der Waals surface area contributed by atoms with Crippen LogP contribution in [0.2, 0.25) is 0 Å². The van der Waals surface area contributed by atoms with Crippen molar-refractivity contribution in [3.05, 3.63) is 370 Å². The Bertz CT molecular complexity index is 5500. The van der Waals surface area contributed by atoms with Gasteiger partial charge in [-0.3, -0.25) is 0 Å². The second-order valence-electron chi connectivity index (χ2n) is 25.8.